The van der Waals surface area contributed by atoms with Crippen molar-refractivity contribution in [1.29, 1.82) is 5.26 Å². The Labute approximate surface area is 187 Å². The molecule has 2 fully saturated rings. The quantitative estimate of drug-likeness (QED) is 0.644. The zero-order chi connectivity index (χ0) is 23.2. The van der Waals surface area contributed by atoms with E-state index < -0.39 is 43.3 Å². The van der Waals surface area contributed by atoms with E-state index in [-0.39, 0.29) is 0 Å². The minimum Gasteiger partial charge on any atom is -0.343 e. The number of hydrogen-bond acceptors (Lipinski definition) is 5. The summed E-state index contributed by atoms with van der Waals surface area (Å²) < 4.78 is 29.3. The standard InChI is InChI=1S/C23H20F2N6O2/c24-23(25)8-15(9-26)30(13-23)21(32)12-28-22(33)17-6-7-27-10-18(17)16-2-1-3-20-19(16)11-29-31(20)14-4-5-14/h1-3,6-7,10-11,14-15H,4-5,8,12-13H2,(H,28,33)/t15-/m0/s1. The summed E-state index contributed by atoms with van der Waals surface area (Å²) in [4.78, 5) is 30.4. The van der Waals surface area contributed by atoms with Crippen molar-refractivity contribution >= 4 is 22.7 Å². The number of fused-ring (bicyclic) bond motifs is 1. The molecule has 1 aliphatic carbocycles. The maximum atomic E-state index is 13.6. The summed E-state index contributed by atoms with van der Waals surface area (Å²) in [7, 11) is 0. The van der Waals surface area contributed by atoms with Crippen molar-refractivity contribution < 1.29 is 18.4 Å². The number of amides is 2. The average molecular weight is 450 g/mol. The number of pyridine rings is 1. The molecule has 1 aromatic carbocycles. The van der Waals surface area contributed by atoms with Crippen LogP contribution in [0.5, 0.6) is 0 Å². The second-order valence-electron chi connectivity index (χ2n) is 8.39. The van der Waals surface area contributed by atoms with Gasteiger partial charge < -0.3 is 10.2 Å². The molecule has 0 unspecified atom stereocenters. The largest absolute Gasteiger partial charge is 0.343 e. The molecule has 1 aliphatic heterocycles. The highest BCUT2D eigenvalue weighted by Crippen LogP contribution is 2.39. The summed E-state index contributed by atoms with van der Waals surface area (Å²) in [5, 5.41) is 17.0. The Morgan fingerprint density at radius 1 is 1.21 bits per heavy atom. The summed E-state index contributed by atoms with van der Waals surface area (Å²) in [6.45, 7) is -1.31. The molecule has 0 radical (unpaired) electrons. The van der Waals surface area contributed by atoms with E-state index in [0.29, 0.717) is 17.2 Å². The Bertz CT molecular complexity index is 1290. The number of likely N-dealkylation sites (tertiary alicyclic amines) is 1. The predicted octanol–water partition coefficient (Wildman–Crippen LogP) is 2.92. The van der Waals surface area contributed by atoms with Crippen LogP contribution in [0.2, 0.25) is 0 Å². The van der Waals surface area contributed by atoms with Crippen molar-refractivity contribution in [2.75, 3.05) is 13.1 Å². The number of carbonyl (C=O) groups excluding carboxylic acids is 2. The van der Waals surface area contributed by atoms with Gasteiger partial charge in [-0.15, -0.1) is 0 Å². The lowest BCUT2D eigenvalue weighted by Gasteiger charge is -2.19. The van der Waals surface area contributed by atoms with Crippen LogP contribution in [0.3, 0.4) is 0 Å². The number of benzene rings is 1. The van der Waals surface area contributed by atoms with Crippen LogP contribution in [0.4, 0.5) is 8.78 Å². The maximum absolute atomic E-state index is 13.6. The molecule has 2 aromatic heterocycles. The smallest absolute Gasteiger partial charge is 0.268 e. The van der Waals surface area contributed by atoms with E-state index in [1.807, 2.05) is 22.9 Å². The van der Waals surface area contributed by atoms with Crippen LogP contribution >= 0.6 is 0 Å². The first-order valence-electron chi connectivity index (χ1n) is 10.6. The lowest BCUT2D eigenvalue weighted by Crippen LogP contribution is -2.43. The van der Waals surface area contributed by atoms with Gasteiger partial charge in [0.25, 0.3) is 11.8 Å². The minimum absolute atomic E-state index is 0.299. The molecule has 10 heteroatoms. The van der Waals surface area contributed by atoms with Crippen LogP contribution in [-0.4, -0.2) is 56.5 Å². The van der Waals surface area contributed by atoms with Gasteiger partial charge in [0.15, 0.2) is 0 Å². The highest BCUT2D eigenvalue weighted by molar-refractivity contribution is 6.06. The molecule has 2 amide bonds. The fraction of sp³-hybridized carbons (Fsp3) is 0.348. The van der Waals surface area contributed by atoms with Gasteiger partial charge in [0, 0.05) is 29.8 Å². The summed E-state index contributed by atoms with van der Waals surface area (Å²) >= 11 is 0. The van der Waals surface area contributed by atoms with Crippen LogP contribution in [0.15, 0.2) is 42.9 Å². The van der Waals surface area contributed by atoms with Gasteiger partial charge in [0.2, 0.25) is 5.91 Å². The van der Waals surface area contributed by atoms with Crippen LogP contribution in [0.25, 0.3) is 22.0 Å². The van der Waals surface area contributed by atoms with Gasteiger partial charge in [-0.3, -0.25) is 19.3 Å². The molecular weight excluding hydrogens is 430 g/mol. The van der Waals surface area contributed by atoms with Gasteiger partial charge in [-0.2, -0.15) is 10.4 Å². The first-order valence-corrected chi connectivity index (χ1v) is 10.6. The number of nitriles is 1. The van der Waals surface area contributed by atoms with Crippen LogP contribution in [-0.2, 0) is 4.79 Å². The summed E-state index contributed by atoms with van der Waals surface area (Å²) in [6.07, 6.45) is 6.30. The Morgan fingerprint density at radius 2 is 2.03 bits per heavy atom. The zero-order valence-corrected chi connectivity index (χ0v) is 17.5. The molecular formula is C23H20F2N6O2. The van der Waals surface area contributed by atoms with E-state index in [2.05, 4.69) is 15.4 Å². The van der Waals surface area contributed by atoms with Crippen molar-refractivity contribution in [2.24, 2.45) is 0 Å². The Hall–Kier alpha value is -3.87. The van der Waals surface area contributed by atoms with Gasteiger partial charge in [0.1, 0.15) is 6.04 Å². The van der Waals surface area contributed by atoms with Gasteiger partial charge in [-0.1, -0.05) is 12.1 Å². The highest BCUT2D eigenvalue weighted by atomic mass is 19.3. The normalized spacial score (nSPS) is 19.4. The second kappa shape index (κ2) is 7.92. The molecule has 2 aliphatic rings. The van der Waals surface area contributed by atoms with Crippen molar-refractivity contribution in [3.05, 3.63) is 48.4 Å². The molecule has 8 nitrogen and oxygen atoms in total. The third-order valence-corrected chi connectivity index (χ3v) is 6.03. The Morgan fingerprint density at radius 3 is 2.79 bits per heavy atom. The van der Waals surface area contributed by atoms with Crippen molar-refractivity contribution in [3.8, 4) is 17.2 Å². The molecule has 1 N–H and O–H groups in total. The van der Waals surface area contributed by atoms with E-state index in [4.69, 9.17) is 5.26 Å². The van der Waals surface area contributed by atoms with Crippen LogP contribution < -0.4 is 5.32 Å². The zero-order valence-electron chi connectivity index (χ0n) is 17.5. The number of halogens is 2. The van der Waals surface area contributed by atoms with E-state index in [1.165, 1.54) is 6.20 Å². The number of carbonyl (C=O) groups is 2. The van der Waals surface area contributed by atoms with Crippen molar-refractivity contribution in [2.45, 2.75) is 37.3 Å². The van der Waals surface area contributed by atoms with Gasteiger partial charge in [-0.05, 0) is 30.5 Å². The lowest BCUT2D eigenvalue weighted by atomic mass is 9.98. The lowest BCUT2D eigenvalue weighted by molar-refractivity contribution is -0.131. The van der Waals surface area contributed by atoms with Crippen LogP contribution in [0.1, 0.15) is 35.7 Å². The fourth-order valence-electron chi connectivity index (χ4n) is 4.27. The number of aromatic nitrogens is 3. The third kappa shape index (κ3) is 3.91. The van der Waals surface area contributed by atoms with E-state index in [0.717, 1.165) is 34.2 Å². The van der Waals surface area contributed by atoms with E-state index >= 15 is 0 Å². The second-order valence-corrected chi connectivity index (χ2v) is 8.39. The summed E-state index contributed by atoms with van der Waals surface area (Å²) in [5.74, 6) is -4.37. The average Bonchev–Trinajstić information content (AvgIpc) is 3.48. The Kier molecular flexibility index (Phi) is 5.04. The SMILES string of the molecule is N#C[C@@H]1CC(F)(F)CN1C(=O)CNC(=O)c1ccncc1-c1cccc2c1cnn2C1CC1. The highest BCUT2D eigenvalue weighted by Gasteiger charge is 2.47. The predicted molar refractivity (Wildman–Crippen MR) is 114 cm³/mol. The summed E-state index contributed by atoms with van der Waals surface area (Å²) in [5.41, 5.74) is 2.63. The molecule has 0 spiro atoms. The van der Waals surface area contributed by atoms with Crippen molar-refractivity contribution in [3.63, 3.8) is 0 Å². The number of nitrogens with zero attached hydrogens (tertiary/aromatic N) is 5. The molecule has 1 saturated carbocycles. The molecule has 168 valence electrons. The third-order valence-electron chi connectivity index (χ3n) is 6.03. The first kappa shape index (κ1) is 21.0. The topological polar surface area (TPSA) is 104 Å². The number of hydrogen-bond donors (Lipinski definition) is 1. The molecule has 1 saturated heterocycles. The number of alkyl halides is 2. The van der Waals surface area contributed by atoms with Crippen LogP contribution in [0, 0.1) is 11.3 Å². The number of rotatable bonds is 5. The molecule has 5 rings (SSSR count). The maximum Gasteiger partial charge on any atom is 0.268 e. The Balaban J connectivity index is 1.38. The molecule has 0 bridgehead atoms. The molecule has 3 heterocycles. The number of nitrogens with one attached hydrogen (secondary N) is 1. The molecule has 33 heavy (non-hydrogen) atoms. The fourth-order valence-corrected chi connectivity index (χ4v) is 4.27. The van der Waals surface area contributed by atoms with E-state index in [9.17, 15) is 18.4 Å². The van der Waals surface area contributed by atoms with Gasteiger partial charge in [0.05, 0.1) is 42.5 Å². The van der Waals surface area contributed by atoms with Crippen molar-refractivity contribution in [1.82, 2.24) is 25.0 Å². The first-order chi connectivity index (χ1) is 15.9. The van der Waals surface area contributed by atoms with Gasteiger partial charge >= 0.3 is 0 Å². The molecule has 3 aromatic rings. The molecule has 1 atom stereocenters. The monoisotopic (exact) mass is 450 g/mol. The van der Waals surface area contributed by atoms with E-state index in [1.54, 1.807) is 24.5 Å². The minimum atomic E-state index is -3.11. The summed E-state index contributed by atoms with van der Waals surface area (Å²) in [6, 6.07) is 8.22. The van der Waals surface area contributed by atoms with Gasteiger partial charge in [-0.25, -0.2) is 8.78 Å².